The molecule has 3 rings (SSSR count). The highest BCUT2D eigenvalue weighted by Crippen LogP contribution is 2.25. The zero-order chi connectivity index (χ0) is 19.2. The molecule has 0 atom stereocenters. The Morgan fingerprint density at radius 1 is 1.07 bits per heavy atom. The number of nitrogens with zero attached hydrogens (tertiary/aromatic N) is 2. The molecule has 2 aromatic carbocycles. The number of carbonyl (C=O) groups is 1. The first-order valence-corrected chi connectivity index (χ1v) is 8.89. The number of hydrogen-bond donors (Lipinski definition) is 1. The van der Waals surface area contributed by atoms with Crippen LogP contribution in [0.25, 0.3) is 0 Å². The molecule has 1 heterocycles. The Morgan fingerprint density at radius 3 is 2.52 bits per heavy atom. The topological polar surface area (TPSA) is 45.2 Å². The summed E-state index contributed by atoms with van der Waals surface area (Å²) in [5.74, 6) is -0.559. The number of aryl methyl sites for hydroxylation is 1. The molecule has 4 nitrogen and oxygen atoms in total. The van der Waals surface area contributed by atoms with Gasteiger partial charge < -0.3 is 10.2 Å². The van der Waals surface area contributed by atoms with E-state index in [4.69, 9.17) is 0 Å². The Labute approximate surface area is 158 Å². The number of amides is 1. The standard InChI is InChI=1S/C22H22FN3O/c1-3-26(19-6-4-5-16(2)13-19)20-11-12-24-21(14-20)22(27)25-15-17-7-9-18(23)10-8-17/h4-14H,3,15H2,1-2H3,(H,25,27). The second kappa shape index (κ2) is 8.45. The first kappa shape index (κ1) is 18.6. The first-order valence-electron chi connectivity index (χ1n) is 8.89. The largest absolute Gasteiger partial charge is 0.347 e. The highest BCUT2D eigenvalue weighted by molar-refractivity contribution is 5.93. The minimum atomic E-state index is -0.296. The van der Waals surface area contributed by atoms with Crippen LogP contribution in [0.1, 0.15) is 28.5 Å². The van der Waals surface area contributed by atoms with Gasteiger partial charge in [0.1, 0.15) is 11.5 Å². The number of halogens is 1. The summed E-state index contributed by atoms with van der Waals surface area (Å²) >= 11 is 0. The van der Waals surface area contributed by atoms with E-state index in [0.29, 0.717) is 12.2 Å². The summed E-state index contributed by atoms with van der Waals surface area (Å²) in [5.41, 5.74) is 4.33. The third-order valence-electron chi connectivity index (χ3n) is 4.28. The van der Waals surface area contributed by atoms with E-state index >= 15 is 0 Å². The number of nitrogens with one attached hydrogen (secondary N) is 1. The summed E-state index contributed by atoms with van der Waals surface area (Å²) in [5, 5.41) is 2.83. The van der Waals surface area contributed by atoms with Crippen molar-refractivity contribution in [3.8, 4) is 0 Å². The Bertz CT molecular complexity index is 925. The van der Waals surface area contributed by atoms with E-state index in [1.807, 2.05) is 18.2 Å². The van der Waals surface area contributed by atoms with Gasteiger partial charge in [0.15, 0.2) is 0 Å². The van der Waals surface area contributed by atoms with E-state index in [9.17, 15) is 9.18 Å². The average molecular weight is 363 g/mol. The van der Waals surface area contributed by atoms with Crippen molar-refractivity contribution in [2.75, 3.05) is 11.4 Å². The Kier molecular flexibility index (Phi) is 5.81. The van der Waals surface area contributed by atoms with Crippen LogP contribution in [0.15, 0.2) is 66.9 Å². The van der Waals surface area contributed by atoms with Gasteiger partial charge in [0.2, 0.25) is 0 Å². The van der Waals surface area contributed by atoms with Crippen molar-refractivity contribution >= 4 is 17.3 Å². The Hall–Kier alpha value is -3.21. The molecule has 0 saturated heterocycles. The molecule has 0 bridgehead atoms. The molecular formula is C22H22FN3O. The van der Waals surface area contributed by atoms with Gasteiger partial charge in [-0.3, -0.25) is 9.78 Å². The minimum Gasteiger partial charge on any atom is -0.347 e. The van der Waals surface area contributed by atoms with Crippen LogP contribution in [0.4, 0.5) is 15.8 Å². The maximum absolute atomic E-state index is 13.0. The molecular weight excluding hydrogens is 341 g/mol. The van der Waals surface area contributed by atoms with Crippen LogP contribution in [0, 0.1) is 12.7 Å². The van der Waals surface area contributed by atoms with Gasteiger partial charge in [0.05, 0.1) is 0 Å². The number of rotatable bonds is 6. The molecule has 27 heavy (non-hydrogen) atoms. The van der Waals surface area contributed by atoms with Crippen molar-refractivity contribution < 1.29 is 9.18 Å². The summed E-state index contributed by atoms with van der Waals surface area (Å²) in [7, 11) is 0. The fourth-order valence-corrected chi connectivity index (χ4v) is 2.90. The summed E-state index contributed by atoms with van der Waals surface area (Å²) in [6.07, 6.45) is 1.64. The lowest BCUT2D eigenvalue weighted by Crippen LogP contribution is -2.24. The van der Waals surface area contributed by atoms with Crippen LogP contribution in [0.2, 0.25) is 0 Å². The zero-order valence-electron chi connectivity index (χ0n) is 15.4. The highest BCUT2D eigenvalue weighted by Gasteiger charge is 2.12. The van der Waals surface area contributed by atoms with Gasteiger partial charge in [-0.1, -0.05) is 24.3 Å². The van der Waals surface area contributed by atoms with Crippen molar-refractivity contribution in [1.82, 2.24) is 10.3 Å². The lowest BCUT2D eigenvalue weighted by Gasteiger charge is -2.24. The second-order valence-electron chi connectivity index (χ2n) is 6.29. The third-order valence-corrected chi connectivity index (χ3v) is 4.28. The monoisotopic (exact) mass is 363 g/mol. The Morgan fingerprint density at radius 2 is 1.81 bits per heavy atom. The van der Waals surface area contributed by atoms with Gasteiger partial charge in [-0.2, -0.15) is 0 Å². The maximum atomic E-state index is 13.0. The van der Waals surface area contributed by atoms with Gasteiger partial charge >= 0.3 is 0 Å². The average Bonchev–Trinajstić information content (AvgIpc) is 2.68. The summed E-state index contributed by atoms with van der Waals surface area (Å²) in [6, 6.07) is 18.0. The number of aromatic nitrogens is 1. The number of hydrogen-bond acceptors (Lipinski definition) is 3. The quantitative estimate of drug-likeness (QED) is 0.695. The second-order valence-corrected chi connectivity index (χ2v) is 6.29. The van der Waals surface area contributed by atoms with Gasteiger partial charge in [-0.05, 0) is 61.4 Å². The van der Waals surface area contributed by atoms with E-state index in [2.05, 4.69) is 41.2 Å². The van der Waals surface area contributed by atoms with E-state index < -0.39 is 0 Å². The number of anilines is 2. The van der Waals surface area contributed by atoms with Gasteiger partial charge in [-0.25, -0.2) is 4.39 Å². The van der Waals surface area contributed by atoms with E-state index in [1.54, 1.807) is 24.4 Å². The van der Waals surface area contributed by atoms with Crippen LogP contribution in [-0.2, 0) is 6.54 Å². The summed E-state index contributed by atoms with van der Waals surface area (Å²) in [4.78, 5) is 18.8. The van der Waals surface area contributed by atoms with Gasteiger partial charge in [-0.15, -0.1) is 0 Å². The molecule has 0 fully saturated rings. The van der Waals surface area contributed by atoms with Crippen molar-refractivity contribution in [2.45, 2.75) is 20.4 Å². The van der Waals surface area contributed by atoms with Crippen LogP contribution in [0.5, 0.6) is 0 Å². The van der Waals surface area contributed by atoms with E-state index in [1.165, 1.54) is 17.7 Å². The fraction of sp³-hybridized carbons (Fsp3) is 0.182. The highest BCUT2D eigenvalue weighted by atomic mass is 19.1. The van der Waals surface area contributed by atoms with Crippen molar-refractivity contribution in [2.24, 2.45) is 0 Å². The molecule has 0 aliphatic rings. The Balaban J connectivity index is 1.75. The SMILES string of the molecule is CCN(c1cccc(C)c1)c1ccnc(C(=O)NCc2ccc(F)cc2)c1. The normalized spacial score (nSPS) is 10.5. The minimum absolute atomic E-state index is 0.263. The predicted molar refractivity (Wildman–Crippen MR) is 106 cm³/mol. The summed E-state index contributed by atoms with van der Waals surface area (Å²) < 4.78 is 13.0. The van der Waals surface area contributed by atoms with Crippen molar-refractivity contribution in [3.05, 3.63) is 89.5 Å². The van der Waals surface area contributed by atoms with Crippen molar-refractivity contribution in [1.29, 1.82) is 0 Å². The molecule has 0 spiro atoms. The lowest BCUT2D eigenvalue weighted by molar-refractivity contribution is 0.0946. The first-order chi connectivity index (χ1) is 13.1. The van der Waals surface area contributed by atoms with Crippen LogP contribution in [-0.4, -0.2) is 17.4 Å². The molecule has 1 aromatic heterocycles. The molecule has 1 N–H and O–H groups in total. The molecule has 0 aliphatic carbocycles. The van der Waals surface area contributed by atoms with E-state index in [-0.39, 0.29) is 11.7 Å². The van der Waals surface area contributed by atoms with Crippen LogP contribution >= 0.6 is 0 Å². The smallest absolute Gasteiger partial charge is 0.270 e. The maximum Gasteiger partial charge on any atom is 0.270 e. The molecule has 0 aliphatic heterocycles. The molecule has 3 aromatic rings. The van der Waals surface area contributed by atoms with Gasteiger partial charge in [0, 0.05) is 30.7 Å². The molecule has 1 amide bonds. The van der Waals surface area contributed by atoms with Crippen LogP contribution < -0.4 is 10.2 Å². The van der Waals surface area contributed by atoms with E-state index in [0.717, 1.165) is 23.5 Å². The van der Waals surface area contributed by atoms with Crippen molar-refractivity contribution in [3.63, 3.8) is 0 Å². The number of carbonyl (C=O) groups excluding carboxylic acids is 1. The predicted octanol–water partition coefficient (Wildman–Crippen LogP) is 4.62. The lowest BCUT2D eigenvalue weighted by atomic mass is 10.2. The number of benzene rings is 2. The molecule has 0 saturated carbocycles. The fourth-order valence-electron chi connectivity index (χ4n) is 2.90. The molecule has 0 unspecified atom stereocenters. The zero-order valence-corrected chi connectivity index (χ0v) is 15.4. The molecule has 0 radical (unpaired) electrons. The summed E-state index contributed by atoms with van der Waals surface area (Å²) in [6.45, 7) is 5.21. The number of pyridine rings is 1. The molecule has 5 heteroatoms. The third kappa shape index (κ3) is 4.70. The molecule has 138 valence electrons. The van der Waals surface area contributed by atoms with Crippen LogP contribution in [0.3, 0.4) is 0 Å². The van der Waals surface area contributed by atoms with Gasteiger partial charge in [0.25, 0.3) is 5.91 Å².